The molecule has 0 saturated carbocycles. The van der Waals surface area contributed by atoms with Gasteiger partial charge in [-0.1, -0.05) is 54.9 Å². The van der Waals surface area contributed by atoms with Crippen molar-refractivity contribution in [3.05, 3.63) is 82.3 Å². The number of nitrogens with one attached hydrogen (secondary N) is 1. The summed E-state index contributed by atoms with van der Waals surface area (Å²) >= 11 is 1.54. The summed E-state index contributed by atoms with van der Waals surface area (Å²) in [6.45, 7) is 10.5. The van der Waals surface area contributed by atoms with E-state index in [1.165, 1.54) is 28.6 Å². The van der Waals surface area contributed by atoms with Gasteiger partial charge in [-0.2, -0.15) is 0 Å². The molecule has 0 aliphatic carbocycles. The van der Waals surface area contributed by atoms with Gasteiger partial charge in [0, 0.05) is 22.2 Å². The summed E-state index contributed by atoms with van der Waals surface area (Å²) < 4.78 is 20.5. The first kappa shape index (κ1) is 25.6. The zero-order valence-electron chi connectivity index (χ0n) is 21.8. The first-order valence-electron chi connectivity index (χ1n) is 12.1. The van der Waals surface area contributed by atoms with Crippen molar-refractivity contribution in [3.63, 3.8) is 0 Å². The molecule has 0 aliphatic rings. The number of methoxy groups -OCH3 is 1. The Hall–Kier alpha value is -3.45. The van der Waals surface area contributed by atoms with E-state index in [1.54, 1.807) is 7.11 Å². The minimum absolute atomic E-state index is 0.457. The quantitative estimate of drug-likeness (QED) is 0.223. The van der Waals surface area contributed by atoms with E-state index in [9.17, 15) is 0 Å². The van der Waals surface area contributed by atoms with Crippen LogP contribution in [0.4, 0.5) is 5.88 Å². The van der Waals surface area contributed by atoms with E-state index in [2.05, 4.69) is 64.3 Å². The van der Waals surface area contributed by atoms with E-state index < -0.39 is 0 Å². The number of benzene rings is 2. The van der Waals surface area contributed by atoms with Crippen molar-refractivity contribution < 1.29 is 14.0 Å². The van der Waals surface area contributed by atoms with Gasteiger partial charge in [0.2, 0.25) is 5.88 Å². The van der Waals surface area contributed by atoms with Crippen molar-refractivity contribution >= 4 is 17.8 Å². The molecule has 188 valence electrons. The molecule has 4 rings (SSSR count). The third-order valence-electron chi connectivity index (χ3n) is 6.11. The minimum atomic E-state index is 0.457. The third kappa shape index (κ3) is 5.68. The van der Waals surface area contributed by atoms with Crippen LogP contribution in [0, 0.1) is 27.7 Å². The fourth-order valence-electron chi connectivity index (χ4n) is 4.16. The number of aromatic nitrogens is 2. The predicted octanol–water partition coefficient (Wildman–Crippen LogP) is 7.63. The molecule has 0 atom stereocenters. The Balaban J connectivity index is 1.59. The molecule has 0 amide bonds. The van der Waals surface area contributed by atoms with Crippen LogP contribution in [0.5, 0.6) is 11.5 Å². The summed E-state index contributed by atoms with van der Waals surface area (Å²) in [4.78, 5) is 5.60. The smallest absolute Gasteiger partial charge is 0.237 e. The lowest BCUT2D eigenvalue weighted by atomic mass is 9.95. The molecule has 0 aliphatic heterocycles. The van der Waals surface area contributed by atoms with Crippen LogP contribution in [-0.4, -0.2) is 17.3 Å². The molecule has 0 fully saturated rings. The summed E-state index contributed by atoms with van der Waals surface area (Å²) in [6.07, 6.45) is 2.03. The highest BCUT2D eigenvalue weighted by atomic mass is 32.2. The molecule has 0 unspecified atom stereocenters. The van der Waals surface area contributed by atoms with Crippen LogP contribution in [0.15, 0.2) is 57.9 Å². The van der Waals surface area contributed by atoms with Crippen LogP contribution in [0.25, 0.3) is 11.1 Å². The Bertz CT molecular complexity index is 1350. The summed E-state index contributed by atoms with van der Waals surface area (Å²) in [5.74, 6) is 2.08. The normalized spacial score (nSPS) is 10.9. The number of hydrogen-bond donors (Lipinski definition) is 1. The lowest BCUT2D eigenvalue weighted by molar-refractivity contribution is 0.282. The molecule has 0 spiro atoms. The first-order chi connectivity index (χ1) is 17.4. The maximum Gasteiger partial charge on any atom is 0.237 e. The van der Waals surface area contributed by atoms with Gasteiger partial charge < -0.3 is 14.0 Å². The van der Waals surface area contributed by atoms with Crippen LogP contribution < -0.4 is 14.2 Å². The van der Waals surface area contributed by atoms with Crippen LogP contribution >= 0.6 is 11.9 Å². The van der Waals surface area contributed by atoms with Gasteiger partial charge in [-0.05, 0) is 74.4 Å². The Morgan fingerprint density at radius 2 is 1.78 bits per heavy atom. The number of hydrogen-bond acceptors (Lipinski definition) is 7. The molecule has 2 aromatic carbocycles. The standard InChI is InChI=1S/C29H33N3O3S/c1-7-10-23-16-22(17-34-26-15-18(2)30-21(5)28(26)33-6)13-14-24(23)25-11-8-9-12-27(25)36-32-29-19(3)20(4)31-35-29/h8-9,11-16,32H,7,10,17H2,1-6H3. The molecule has 2 aromatic heterocycles. The number of aryl methyl sites for hydroxylation is 4. The second kappa shape index (κ2) is 11.5. The second-order valence-electron chi connectivity index (χ2n) is 8.83. The number of anilines is 1. The van der Waals surface area contributed by atoms with Gasteiger partial charge in [0.25, 0.3) is 0 Å². The van der Waals surface area contributed by atoms with Crippen LogP contribution in [0.2, 0.25) is 0 Å². The molecule has 1 N–H and O–H groups in total. The largest absolute Gasteiger partial charge is 0.491 e. The lowest BCUT2D eigenvalue weighted by Gasteiger charge is -2.16. The van der Waals surface area contributed by atoms with Gasteiger partial charge in [-0.25, -0.2) is 0 Å². The Morgan fingerprint density at radius 3 is 2.50 bits per heavy atom. The van der Waals surface area contributed by atoms with Crippen molar-refractivity contribution in [3.8, 4) is 22.6 Å². The number of nitrogens with zero attached hydrogens (tertiary/aromatic N) is 2. The molecule has 36 heavy (non-hydrogen) atoms. The zero-order chi connectivity index (χ0) is 25.7. The Morgan fingerprint density at radius 1 is 0.972 bits per heavy atom. The average molecular weight is 504 g/mol. The van der Waals surface area contributed by atoms with Gasteiger partial charge in [0.1, 0.15) is 6.61 Å². The van der Waals surface area contributed by atoms with E-state index in [4.69, 9.17) is 14.0 Å². The molecule has 2 heterocycles. The van der Waals surface area contributed by atoms with Crippen LogP contribution in [0.1, 0.15) is 47.1 Å². The topological polar surface area (TPSA) is 69.4 Å². The van der Waals surface area contributed by atoms with Crippen LogP contribution in [-0.2, 0) is 13.0 Å². The molecule has 0 bridgehead atoms. The monoisotopic (exact) mass is 503 g/mol. The van der Waals surface area contributed by atoms with Gasteiger partial charge in [0.15, 0.2) is 11.5 Å². The lowest BCUT2D eigenvalue weighted by Crippen LogP contribution is -2.02. The summed E-state index contributed by atoms with van der Waals surface area (Å²) in [6, 6.07) is 16.9. The Labute approximate surface area is 217 Å². The van der Waals surface area contributed by atoms with Gasteiger partial charge in [-0.3, -0.25) is 9.71 Å². The molecule has 7 heteroatoms. The minimum Gasteiger partial charge on any atom is -0.491 e. The SMILES string of the molecule is CCCc1cc(COc2cc(C)nc(C)c2OC)ccc1-c1ccccc1SNc1onc(C)c1C. The van der Waals surface area contributed by atoms with E-state index in [-0.39, 0.29) is 0 Å². The molecule has 0 radical (unpaired) electrons. The van der Waals surface area contributed by atoms with E-state index in [1.807, 2.05) is 33.8 Å². The average Bonchev–Trinajstić information content (AvgIpc) is 3.19. The fraction of sp³-hybridized carbons (Fsp3) is 0.310. The maximum atomic E-state index is 6.18. The highest BCUT2D eigenvalue weighted by molar-refractivity contribution is 8.00. The maximum absolute atomic E-state index is 6.18. The number of rotatable bonds is 10. The number of pyridine rings is 1. The third-order valence-corrected chi connectivity index (χ3v) is 6.98. The molecular formula is C29H33N3O3S. The first-order valence-corrected chi connectivity index (χ1v) is 12.9. The Kier molecular flexibility index (Phi) is 8.21. The van der Waals surface area contributed by atoms with Gasteiger partial charge in [0.05, 0.1) is 18.5 Å². The summed E-state index contributed by atoms with van der Waals surface area (Å²) in [7, 11) is 1.65. The number of ether oxygens (including phenoxy) is 2. The fourth-order valence-corrected chi connectivity index (χ4v) is 4.99. The molecule has 0 saturated heterocycles. The van der Waals surface area contributed by atoms with Crippen molar-refractivity contribution in [2.75, 3.05) is 11.8 Å². The van der Waals surface area contributed by atoms with Crippen molar-refractivity contribution in [1.82, 2.24) is 10.1 Å². The second-order valence-corrected chi connectivity index (χ2v) is 9.68. The van der Waals surface area contributed by atoms with E-state index in [0.29, 0.717) is 18.2 Å². The predicted molar refractivity (Wildman–Crippen MR) is 146 cm³/mol. The van der Waals surface area contributed by atoms with Crippen molar-refractivity contribution in [1.29, 1.82) is 0 Å². The summed E-state index contributed by atoms with van der Waals surface area (Å²) in [5, 5.41) is 4.04. The highest BCUT2D eigenvalue weighted by Crippen LogP contribution is 2.36. The molecule has 6 nitrogen and oxygen atoms in total. The van der Waals surface area contributed by atoms with Crippen molar-refractivity contribution in [2.24, 2.45) is 0 Å². The van der Waals surface area contributed by atoms with Gasteiger partial charge >= 0.3 is 0 Å². The van der Waals surface area contributed by atoms with Gasteiger partial charge in [-0.15, -0.1) is 0 Å². The van der Waals surface area contributed by atoms with E-state index >= 15 is 0 Å². The molecular weight excluding hydrogens is 470 g/mol. The van der Waals surface area contributed by atoms with Crippen LogP contribution in [0.3, 0.4) is 0 Å². The van der Waals surface area contributed by atoms with Crippen molar-refractivity contribution in [2.45, 2.75) is 59.0 Å². The highest BCUT2D eigenvalue weighted by Gasteiger charge is 2.15. The zero-order valence-corrected chi connectivity index (χ0v) is 22.6. The van der Waals surface area contributed by atoms with E-state index in [0.717, 1.165) is 51.7 Å². The molecule has 4 aromatic rings. The summed E-state index contributed by atoms with van der Waals surface area (Å²) in [5.41, 5.74) is 8.47.